The van der Waals surface area contributed by atoms with Crippen molar-refractivity contribution in [2.24, 2.45) is 5.92 Å². The third kappa shape index (κ3) is 2.94. The molecule has 16 heavy (non-hydrogen) atoms. The first kappa shape index (κ1) is 13.0. The number of carbonyl (C=O) groups excluding carboxylic acids is 1. The van der Waals surface area contributed by atoms with Crippen LogP contribution in [-0.4, -0.2) is 5.78 Å². The molecule has 0 aliphatic rings. The predicted molar refractivity (Wildman–Crippen MR) is 68.9 cm³/mol. The fourth-order valence-electron chi connectivity index (χ4n) is 2.20. The molecular formula is C15H22O. The zero-order valence-corrected chi connectivity index (χ0v) is 10.8. The number of Topliss-reactive ketones (excluding diaryl/α,β-unsaturated/α-hetero) is 1. The van der Waals surface area contributed by atoms with Crippen molar-refractivity contribution in [1.29, 1.82) is 0 Å². The molecule has 0 atom stereocenters. The smallest absolute Gasteiger partial charge is 0.163 e. The van der Waals surface area contributed by atoms with Crippen molar-refractivity contribution >= 4 is 5.78 Å². The molecular weight excluding hydrogens is 196 g/mol. The molecule has 1 nitrogen and oxygen atoms in total. The molecule has 0 spiro atoms. The predicted octanol–water partition coefficient (Wildman–Crippen LogP) is 4.31. The summed E-state index contributed by atoms with van der Waals surface area (Å²) >= 11 is 0. The number of aryl methyl sites for hydroxylation is 2. The fourth-order valence-corrected chi connectivity index (χ4v) is 2.20. The van der Waals surface area contributed by atoms with Gasteiger partial charge in [0, 0.05) is 12.0 Å². The van der Waals surface area contributed by atoms with Crippen LogP contribution >= 0.6 is 0 Å². The zero-order valence-electron chi connectivity index (χ0n) is 10.8. The van der Waals surface area contributed by atoms with E-state index in [1.165, 1.54) is 0 Å². The van der Waals surface area contributed by atoms with Crippen LogP contribution in [0.3, 0.4) is 0 Å². The molecule has 0 radical (unpaired) electrons. The van der Waals surface area contributed by atoms with Gasteiger partial charge in [-0.1, -0.05) is 44.9 Å². The highest BCUT2D eigenvalue weighted by atomic mass is 16.1. The monoisotopic (exact) mass is 218 g/mol. The van der Waals surface area contributed by atoms with Crippen LogP contribution in [-0.2, 0) is 0 Å². The number of hydrogen-bond acceptors (Lipinski definition) is 1. The van der Waals surface area contributed by atoms with Gasteiger partial charge in [-0.05, 0) is 30.9 Å². The van der Waals surface area contributed by atoms with Gasteiger partial charge in [-0.15, -0.1) is 0 Å². The van der Waals surface area contributed by atoms with Crippen molar-refractivity contribution < 1.29 is 4.79 Å². The molecule has 0 unspecified atom stereocenters. The van der Waals surface area contributed by atoms with Crippen molar-refractivity contribution in [3.63, 3.8) is 0 Å². The molecule has 0 aliphatic carbocycles. The lowest BCUT2D eigenvalue weighted by molar-refractivity contribution is 0.0957. The van der Waals surface area contributed by atoms with Crippen molar-refractivity contribution in [2.75, 3.05) is 0 Å². The van der Waals surface area contributed by atoms with Crippen molar-refractivity contribution in [2.45, 2.75) is 47.0 Å². The Labute approximate surface area is 98.9 Å². The summed E-state index contributed by atoms with van der Waals surface area (Å²) in [6.45, 7) is 8.36. The normalized spacial score (nSPS) is 10.8. The second-order valence-electron chi connectivity index (χ2n) is 4.58. The second-order valence-corrected chi connectivity index (χ2v) is 4.58. The molecule has 0 saturated carbocycles. The SMILES string of the molecule is CCC(CC)CC(=O)c1c(C)cccc1C. The summed E-state index contributed by atoms with van der Waals surface area (Å²) in [6, 6.07) is 6.05. The molecule has 1 aromatic carbocycles. The minimum Gasteiger partial charge on any atom is -0.294 e. The van der Waals surface area contributed by atoms with Gasteiger partial charge in [0.2, 0.25) is 0 Å². The van der Waals surface area contributed by atoms with Crippen molar-refractivity contribution in [1.82, 2.24) is 0 Å². The van der Waals surface area contributed by atoms with E-state index < -0.39 is 0 Å². The van der Waals surface area contributed by atoms with Crippen LogP contribution in [0.4, 0.5) is 0 Å². The molecule has 0 aliphatic heterocycles. The molecule has 0 saturated heterocycles. The largest absolute Gasteiger partial charge is 0.294 e. The highest BCUT2D eigenvalue weighted by Crippen LogP contribution is 2.20. The summed E-state index contributed by atoms with van der Waals surface area (Å²) < 4.78 is 0. The Balaban J connectivity index is 2.88. The van der Waals surface area contributed by atoms with Gasteiger partial charge in [-0.2, -0.15) is 0 Å². The van der Waals surface area contributed by atoms with E-state index >= 15 is 0 Å². The summed E-state index contributed by atoms with van der Waals surface area (Å²) in [5, 5.41) is 0. The van der Waals surface area contributed by atoms with Gasteiger partial charge in [-0.3, -0.25) is 4.79 Å². The molecule has 0 N–H and O–H groups in total. The minimum absolute atomic E-state index is 0.310. The van der Waals surface area contributed by atoms with Crippen LogP contribution < -0.4 is 0 Å². The topological polar surface area (TPSA) is 17.1 Å². The zero-order chi connectivity index (χ0) is 12.1. The van der Waals surface area contributed by atoms with E-state index in [1.54, 1.807) is 0 Å². The summed E-state index contributed by atoms with van der Waals surface area (Å²) in [4.78, 5) is 12.2. The van der Waals surface area contributed by atoms with E-state index in [0.717, 1.165) is 29.5 Å². The van der Waals surface area contributed by atoms with Crippen LogP contribution in [0, 0.1) is 19.8 Å². The van der Waals surface area contributed by atoms with Crippen LogP contribution in [0.5, 0.6) is 0 Å². The van der Waals surface area contributed by atoms with E-state index in [-0.39, 0.29) is 0 Å². The number of ketones is 1. The Hall–Kier alpha value is -1.11. The van der Waals surface area contributed by atoms with Gasteiger partial charge >= 0.3 is 0 Å². The van der Waals surface area contributed by atoms with Gasteiger partial charge in [0.05, 0.1) is 0 Å². The highest BCUT2D eigenvalue weighted by Gasteiger charge is 2.15. The van der Waals surface area contributed by atoms with Crippen LogP contribution in [0.2, 0.25) is 0 Å². The molecule has 0 aromatic heterocycles. The average Bonchev–Trinajstić information content (AvgIpc) is 2.25. The number of carbonyl (C=O) groups is 1. The maximum Gasteiger partial charge on any atom is 0.163 e. The van der Waals surface area contributed by atoms with Crippen molar-refractivity contribution in [3.05, 3.63) is 34.9 Å². The number of benzene rings is 1. The Bertz CT molecular complexity index is 341. The Kier molecular flexibility index (Phi) is 4.72. The third-order valence-electron chi connectivity index (χ3n) is 3.39. The van der Waals surface area contributed by atoms with E-state index in [9.17, 15) is 4.79 Å². The lowest BCUT2D eigenvalue weighted by atomic mass is 9.90. The number of hydrogen-bond donors (Lipinski definition) is 0. The van der Waals surface area contributed by atoms with E-state index in [0.29, 0.717) is 18.1 Å². The first-order valence-corrected chi connectivity index (χ1v) is 6.19. The Morgan fingerprint density at radius 2 is 1.62 bits per heavy atom. The fraction of sp³-hybridized carbons (Fsp3) is 0.533. The lowest BCUT2D eigenvalue weighted by Gasteiger charge is -2.13. The van der Waals surface area contributed by atoms with Gasteiger partial charge in [0.15, 0.2) is 5.78 Å². The maximum atomic E-state index is 12.2. The molecule has 0 amide bonds. The van der Waals surface area contributed by atoms with Crippen molar-refractivity contribution in [3.8, 4) is 0 Å². The first-order chi connectivity index (χ1) is 7.60. The van der Waals surface area contributed by atoms with Crippen LogP contribution in [0.1, 0.15) is 54.6 Å². The molecule has 0 bridgehead atoms. The first-order valence-electron chi connectivity index (χ1n) is 6.19. The molecule has 1 aromatic rings. The standard InChI is InChI=1S/C15H22O/c1-5-13(6-2)10-14(16)15-11(3)8-7-9-12(15)4/h7-9,13H,5-6,10H2,1-4H3. The lowest BCUT2D eigenvalue weighted by Crippen LogP contribution is -2.10. The van der Waals surface area contributed by atoms with Gasteiger partial charge < -0.3 is 0 Å². The van der Waals surface area contributed by atoms with E-state index in [4.69, 9.17) is 0 Å². The summed E-state index contributed by atoms with van der Waals surface area (Å²) in [5.41, 5.74) is 3.15. The highest BCUT2D eigenvalue weighted by molar-refractivity contribution is 5.98. The molecule has 0 heterocycles. The second kappa shape index (κ2) is 5.83. The summed E-state index contributed by atoms with van der Waals surface area (Å²) in [7, 11) is 0. The van der Waals surface area contributed by atoms with E-state index in [2.05, 4.69) is 13.8 Å². The Morgan fingerprint density at radius 1 is 1.12 bits per heavy atom. The van der Waals surface area contributed by atoms with Gasteiger partial charge in [0.25, 0.3) is 0 Å². The quantitative estimate of drug-likeness (QED) is 0.673. The molecule has 88 valence electrons. The van der Waals surface area contributed by atoms with Crippen LogP contribution in [0.15, 0.2) is 18.2 Å². The van der Waals surface area contributed by atoms with E-state index in [1.807, 2.05) is 32.0 Å². The van der Waals surface area contributed by atoms with Crippen LogP contribution in [0.25, 0.3) is 0 Å². The number of rotatable bonds is 5. The molecule has 0 fully saturated rings. The summed E-state index contributed by atoms with van der Waals surface area (Å²) in [6.07, 6.45) is 2.87. The maximum absolute atomic E-state index is 12.2. The van der Waals surface area contributed by atoms with Gasteiger partial charge in [0.1, 0.15) is 0 Å². The molecule has 1 heteroatoms. The molecule has 1 rings (SSSR count). The minimum atomic E-state index is 0.310. The third-order valence-corrected chi connectivity index (χ3v) is 3.39. The Morgan fingerprint density at radius 3 is 2.06 bits per heavy atom. The summed E-state index contributed by atoms with van der Waals surface area (Å²) in [5.74, 6) is 0.843. The average molecular weight is 218 g/mol. The van der Waals surface area contributed by atoms with Gasteiger partial charge in [-0.25, -0.2) is 0 Å².